The number of hydrogen-bond donors (Lipinski definition) is 2. The molecular weight excluding hydrogens is 509 g/mol. The molecule has 200 valence electrons. The Labute approximate surface area is 222 Å². The highest BCUT2D eigenvalue weighted by Gasteiger charge is 2.38. The van der Waals surface area contributed by atoms with Gasteiger partial charge in [0.15, 0.2) is 0 Å². The number of halogens is 3. The first kappa shape index (κ1) is 24.9. The summed E-state index contributed by atoms with van der Waals surface area (Å²) in [4.78, 5) is 31.4. The Balaban J connectivity index is 1.53. The molecule has 12 heteroatoms. The average Bonchev–Trinajstić information content (AvgIpc) is 2.93. The summed E-state index contributed by atoms with van der Waals surface area (Å²) in [6, 6.07) is 10.6. The van der Waals surface area contributed by atoms with E-state index in [4.69, 9.17) is 10.7 Å². The number of fused-ring (bicyclic) bond motifs is 3. The van der Waals surface area contributed by atoms with E-state index >= 15 is 0 Å². The first-order valence-corrected chi connectivity index (χ1v) is 12.4. The number of hydrogen-bond acceptors (Lipinski definition) is 7. The van der Waals surface area contributed by atoms with Gasteiger partial charge >= 0.3 is 12.2 Å². The van der Waals surface area contributed by atoms with Crippen molar-refractivity contribution in [2.45, 2.75) is 12.7 Å². The van der Waals surface area contributed by atoms with Crippen LogP contribution in [-0.2, 0) is 12.7 Å². The number of nitrogens with zero attached hydrogens (tertiary/aromatic N) is 6. The number of amides is 2. The molecule has 4 aromatic rings. The van der Waals surface area contributed by atoms with Gasteiger partial charge in [0.1, 0.15) is 11.3 Å². The maximum Gasteiger partial charge on any atom is 0.418 e. The van der Waals surface area contributed by atoms with Gasteiger partial charge < -0.3 is 20.9 Å². The number of urea groups is 1. The Morgan fingerprint density at radius 2 is 1.79 bits per heavy atom. The molecule has 6 rings (SSSR count). The zero-order valence-electron chi connectivity index (χ0n) is 21.0. The summed E-state index contributed by atoms with van der Waals surface area (Å²) in [5, 5.41) is 3.16. The van der Waals surface area contributed by atoms with Crippen molar-refractivity contribution in [3.63, 3.8) is 0 Å². The number of anilines is 4. The fourth-order valence-corrected chi connectivity index (χ4v) is 5.07. The predicted octanol–water partition coefficient (Wildman–Crippen LogP) is 4.41. The van der Waals surface area contributed by atoms with Crippen molar-refractivity contribution in [3.05, 3.63) is 66.0 Å². The number of carbonyl (C=O) groups is 1. The Bertz CT molecular complexity index is 1570. The van der Waals surface area contributed by atoms with E-state index in [0.29, 0.717) is 65.5 Å². The van der Waals surface area contributed by atoms with Gasteiger partial charge in [0, 0.05) is 62.4 Å². The third-order valence-corrected chi connectivity index (χ3v) is 6.99. The van der Waals surface area contributed by atoms with E-state index in [1.807, 2.05) is 0 Å². The van der Waals surface area contributed by atoms with Crippen molar-refractivity contribution < 1.29 is 18.0 Å². The summed E-state index contributed by atoms with van der Waals surface area (Å²) in [5.74, 6) is 0.364. The summed E-state index contributed by atoms with van der Waals surface area (Å²) in [7, 11) is 1.60. The molecule has 0 unspecified atom stereocenters. The van der Waals surface area contributed by atoms with Crippen molar-refractivity contribution in [2.24, 2.45) is 0 Å². The molecule has 1 saturated heterocycles. The lowest BCUT2D eigenvalue weighted by atomic mass is 10.0. The molecule has 0 radical (unpaired) electrons. The number of carbonyl (C=O) groups excluding carboxylic acids is 1. The van der Waals surface area contributed by atoms with Crippen LogP contribution in [0.3, 0.4) is 0 Å². The Morgan fingerprint density at radius 1 is 1.00 bits per heavy atom. The molecule has 0 saturated carbocycles. The molecule has 3 aromatic heterocycles. The minimum atomic E-state index is -4.61. The summed E-state index contributed by atoms with van der Waals surface area (Å²) in [5.41, 5.74) is 8.41. The highest BCUT2D eigenvalue weighted by atomic mass is 19.4. The number of rotatable bonds is 3. The van der Waals surface area contributed by atoms with Crippen LogP contribution in [0.4, 0.5) is 40.8 Å². The van der Waals surface area contributed by atoms with E-state index in [1.54, 1.807) is 54.7 Å². The molecule has 39 heavy (non-hydrogen) atoms. The molecule has 3 N–H and O–H groups in total. The van der Waals surface area contributed by atoms with Crippen LogP contribution in [0.2, 0.25) is 0 Å². The van der Waals surface area contributed by atoms with Crippen LogP contribution in [0.5, 0.6) is 0 Å². The lowest BCUT2D eigenvalue weighted by Gasteiger charge is -2.36. The van der Waals surface area contributed by atoms with Crippen molar-refractivity contribution in [2.75, 3.05) is 48.8 Å². The lowest BCUT2D eigenvalue weighted by Crippen LogP contribution is -2.44. The van der Waals surface area contributed by atoms with Crippen molar-refractivity contribution in [3.8, 4) is 11.3 Å². The maximum absolute atomic E-state index is 14.3. The predicted molar refractivity (Wildman–Crippen MR) is 143 cm³/mol. The lowest BCUT2D eigenvalue weighted by molar-refractivity contribution is -0.137. The highest BCUT2D eigenvalue weighted by molar-refractivity contribution is 6.08. The minimum Gasteiger partial charge on any atom is -0.384 e. The van der Waals surface area contributed by atoms with E-state index in [2.05, 4.69) is 15.3 Å². The van der Waals surface area contributed by atoms with Crippen molar-refractivity contribution in [1.82, 2.24) is 25.2 Å². The van der Waals surface area contributed by atoms with Gasteiger partial charge in [-0.15, -0.1) is 0 Å². The molecule has 2 aliphatic heterocycles. The molecule has 0 atom stereocenters. The van der Waals surface area contributed by atoms with Gasteiger partial charge in [0.25, 0.3) is 0 Å². The molecule has 2 amide bonds. The van der Waals surface area contributed by atoms with Crippen LogP contribution in [0.1, 0.15) is 11.1 Å². The maximum atomic E-state index is 14.3. The first-order valence-electron chi connectivity index (χ1n) is 12.4. The Kier molecular flexibility index (Phi) is 5.98. The molecule has 1 aromatic carbocycles. The molecule has 9 nitrogen and oxygen atoms in total. The van der Waals surface area contributed by atoms with Gasteiger partial charge in [-0.1, -0.05) is 0 Å². The van der Waals surface area contributed by atoms with Crippen molar-refractivity contribution in [1.29, 1.82) is 0 Å². The minimum absolute atomic E-state index is 0.0987. The van der Waals surface area contributed by atoms with Crippen LogP contribution in [-0.4, -0.2) is 59.1 Å². The molecule has 2 aliphatic rings. The van der Waals surface area contributed by atoms with Gasteiger partial charge in [-0.2, -0.15) is 13.2 Å². The fourth-order valence-electron chi connectivity index (χ4n) is 5.07. The van der Waals surface area contributed by atoms with Crippen LogP contribution < -0.4 is 20.9 Å². The normalized spacial score (nSPS) is 16.1. The smallest absolute Gasteiger partial charge is 0.384 e. The number of pyridine rings is 3. The van der Waals surface area contributed by atoms with Crippen molar-refractivity contribution >= 4 is 39.9 Å². The zero-order chi connectivity index (χ0) is 27.3. The SMILES string of the molecule is CN1Cc2cnc3ccc(-c4ccc(N)nc4)nc3c2N(c2ccc(N3CCNCC3)c(C(F)(F)F)c2)C1=O. The average molecular weight is 535 g/mol. The number of nitrogens with two attached hydrogens (primary N) is 1. The summed E-state index contributed by atoms with van der Waals surface area (Å²) >= 11 is 0. The standard InChI is InChI=1S/C27H25F3N8O/c1-36-15-17-14-33-21-5-4-20(16-2-7-23(31)34-13-16)35-24(21)25(17)38(26(36)39)18-3-6-22(19(12-18)27(28,29)30)37-10-8-32-9-11-37/h2-7,12-14,32H,8-11,15H2,1H3,(H2,31,34). The first-order chi connectivity index (χ1) is 18.7. The zero-order valence-corrected chi connectivity index (χ0v) is 21.0. The van der Waals surface area contributed by atoms with Gasteiger partial charge in [-0.3, -0.25) is 9.88 Å². The molecule has 0 spiro atoms. The Hall–Kier alpha value is -4.45. The summed E-state index contributed by atoms with van der Waals surface area (Å²) in [6.07, 6.45) is -1.38. The fraction of sp³-hybridized carbons (Fsp3) is 0.259. The van der Waals surface area contributed by atoms with E-state index in [1.165, 1.54) is 15.9 Å². The summed E-state index contributed by atoms with van der Waals surface area (Å²) < 4.78 is 43.0. The van der Waals surface area contributed by atoms with Crippen LogP contribution in [0.15, 0.2) is 54.9 Å². The number of benzene rings is 1. The van der Waals surface area contributed by atoms with E-state index in [-0.39, 0.29) is 17.9 Å². The van der Waals surface area contributed by atoms with Gasteiger partial charge in [-0.05, 0) is 42.5 Å². The second-order valence-corrected chi connectivity index (χ2v) is 9.58. The molecule has 5 heterocycles. The topological polar surface area (TPSA) is 104 Å². The van der Waals surface area contributed by atoms with E-state index in [0.717, 1.165) is 6.07 Å². The number of nitrogen functional groups attached to an aromatic ring is 1. The van der Waals surface area contributed by atoms with Gasteiger partial charge in [0.2, 0.25) is 0 Å². The van der Waals surface area contributed by atoms with Crippen LogP contribution >= 0.6 is 0 Å². The second kappa shape index (κ2) is 9.38. The Morgan fingerprint density at radius 3 is 2.51 bits per heavy atom. The second-order valence-electron chi connectivity index (χ2n) is 9.58. The molecule has 0 aliphatic carbocycles. The highest BCUT2D eigenvalue weighted by Crippen LogP contribution is 2.43. The van der Waals surface area contributed by atoms with E-state index in [9.17, 15) is 18.0 Å². The molecule has 1 fully saturated rings. The summed E-state index contributed by atoms with van der Waals surface area (Å²) in [6.45, 7) is 2.35. The third-order valence-electron chi connectivity index (χ3n) is 6.99. The number of aromatic nitrogens is 3. The largest absolute Gasteiger partial charge is 0.418 e. The number of nitrogens with one attached hydrogen (secondary N) is 1. The molecular formula is C27H25F3N8O. The van der Waals surface area contributed by atoms with Crippen LogP contribution in [0.25, 0.3) is 22.3 Å². The van der Waals surface area contributed by atoms with Crippen LogP contribution in [0, 0.1) is 0 Å². The van der Waals surface area contributed by atoms with Gasteiger partial charge in [0.05, 0.1) is 34.7 Å². The quantitative estimate of drug-likeness (QED) is 0.402. The van der Waals surface area contributed by atoms with Gasteiger partial charge in [-0.25, -0.2) is 14.8 Å². The number of piperazine rings is 1. The monoisotopic (exact) mass is 534 g/mol. The number of alkyl halides is 3. The van der Waals surface area contributed by atoms with E-state index < -0.39 is 17.8 Å². The molecule has 0 bridgehead atoms. The third kappa shape index (κ3) is 4.46.